The fourth-order valence-electron chi connectivity index (χ4n) is 4.07. The van der Waals surface area contributed by atoms with Gasteiger partial charge in [0.1, 0.15) is 5.82 Å². The van der Waals surface area contributed by atoms with Gasteiger partial charge >= 0.3 is 0 Å². The van der Waals surface area contributed by atoms with Gasteiger partial charge in [0.15, 0.2) is 0 Å². The lowest BCUT2D eigenvalue weighted by Crippen LogP contribution is -2.51. The van der Waals surface area contributed by atoms with Crippen LogP contribution in [0.2, 0.25) is 0 Å². The van der Waals surface area contributed by atoms with Crippen LogP contribution in [0.5, 0.6) is 0 Å². The number of nitrogens with zero attached hydrogens (tertiary/aromatic N) is 4. The Bertz CT molecular complexity index is 515. The summed E-state index contributed by atoms with van der Waals surface area (Å²) in [4.78, 5) is 14.1. The second-order valence-corrected chi connectivity index (χ2v) is 8.09. The lowest BCUT2D eigenvalue weighted by molar-refractivity contribution is -0.0266. The summed E-state index contributed by atoms with van der Waals surface area (Å²) in [5.74, 6) is 1.32. The molecule has 0 N–H and O–H groups in total. The highest BCUT2D eigenvalue weighted by Crippen LogP contribution is 2.27. The lowest BCUT2D eigenvalue weighted by atomic mass is 9.91. The van der Waals surface area contributed by atoms with Gasteiger partial charge in [-0.25, -0.2) is 9.97 Å². The molecule has 3 rings (SSSR count). The predicted octanol–water partition coefficient (Wildman–Crippen LogP) is 3.46. The molecule has 0 atom stereocenters. The minimum absolute atomic E-state index is 0.356. The molecule has 1 aromatic rings. The Labute approximate surface area is 152 Å². The van der Waals surface area contributed by atoms with Crippen molar-refractivity contribution in [3.8, 4) is 0 Å². The molecule has 0 spiro atoms. The van der Waals surface area contributed by atoms with Gasteiger partial charge < -0.3 is 9.64 Å². The number of hydrogen-bond acceptors (Lipinski definition) is 5. The number of rotatable bonds is 5. The highest BCUT2D eigenvalue weighted by atomic mass is 16.5. The molecule has 0 aromatic carbocycles. The van der Waals surface area contributed by atoms with E-state index in [4.69, 9.17) is 4.74 Å². The Morgan fingerprint density at radius 3 is 2.04 bits per heavy atom. The predicted molar refractivity (Wildman–Crippen MR) is 102 cm³/mol. The second-order valence-electron chi connectivity index (χ2n) is 8.09. The van der Waals surface area contributed by atoms with Crippen LogP contribution in [0.3, 0.4) is 0 Å². The summed E-state index contributed by atoms with van der Waals surface area (Å²) in [6.45, 7) is 13.0. The van der Waals surface area contributed by atoms with Crippen molar-refractivity contribution in [2.75, 3.05) is 31.1 Å². The fourth-order valence-corrected chi connectivity index (χ4v) is 4.07. The standard InChI is InChI=1S/C20H34N4O/c1-15(2)20-21-13-18(14-22-20)24-11-9-23(10-12-24)17-5-7-19(8-6-17)25-16(3)4/h13-17,19H,5-12H2,1-4H3. The third kappa shape index (κ3) is 4.91. The van der Waals surface area contributed by atoms with Crippen LogP contribution < -0.4 is 4.90 Å². The quantitative estimate of drug-likeness (QED) is 0.817. The van der Waals surface area contributed by atoms with Gasteiger partial charge in [0.2, 0.25) is 0 Å². The van der Waals surface area contributed by atoms with Crippen LogP contribution in [0.1, 0.15) is 65.1 Å². The van der Waals surface area contributed by atoms with Crippen LogP contribution in [0, 0.1) is 0 Å². The third-order valence-electron chi connectivity index (χ3n) is 5.48. The van der Waals surface area contributed by atoms with Crippen molar-refractivity contribution in [2.24, 2.45) is 0 Å². The number of anilines is 1. The highest BCUT2D eigenvalue weighted by Gasteiger charge is 2.29. The van der Waals surface area contributed by atoms with Gasteiger partial charge in [0.25, 0.3) is 0 Å². The number of aromatic nitrogens is 2. The van der Waals surface area contributed by atoms with Gasteiger partial charge in [0, 0.05) is 38.1 Å². The van der Waals surface area contributed by atoms with Gasteiger partial charge in [-0.3, -0.25) is 4.90 Å². The van der Waals surface area contributed by atoms with Crippen LogP contribution >= 0.6 is 0 Å². The monoisotopic (exact) mass is 346 g/mol. The topological polar surface area (TPSA) is 41.5 Å². The zero-order valence-corrected chi connectivity index (χ0v) is 16.3. The van der Waals surface area contributed by atoms with E-state index in [-0.39, 0.29) is 0 Å². The molecule has 5 heteroatoms. The molecule has 2 aliphatic rings. The molecule has 0 amide bonds. The van der Waals surface area contributed by atoms with Gasteiger partial charge in [-0.05, 0) is 39.5 Å². The fraction of sp³-hybridized carbons (Fsp3) is 0.800. The van der Waals surface area contributed by atoms with Crippen LogP contribution in [-0.2, 0) is 4.74 Å². The summed E-state index contributed by atoms with van der Waals surface area (Å²) in [5.41, 5.74) is 1.16. The number of hydrogen-bond donors (Lipinski definition) is 0. The first-order valence-electron chi connectivity index (χ1n) is 9.99. The van der Waals surface area contributed by atoms with E-state index < -0.39 is 0 Å². The van der Waals surface area contributed by atoms with Gasteiger partial charge in [-0.1, -0.05) is 13.8 Å². The summed E-state index contributed by atoms with van der Waals surface area (Å²) in [7, 11) is 0. The maximum Gasteiger partial charge on any atom is 0.130 e. The molecule has 2 fully saturated rings. The van der Waals surface area contributed by atoms with Crippen molar-refractivity contribution >= 4 is 5.69 Å². The molecule has 1 saturated carbocycles. The molecule has 5 nitrogen and oxygen atoms in total. The molecule has 2 heterocycles. The molecule has 1 aliphatic heterocycles. The Morgan fingerprint density at radius 2 is 1.52 bits per heavy atom. The molecule has 0 radical (unpaired) electrons. The molecule has 0 unspecified atom stereocenters. The first-order valence-corrected chi connectivity index (χ1v) is 9.99. The average Bonchev–Trinajstić information content (AvgIpc) is 2.62. The summed E-state index contributed by atoms with van der Waals surface area (Å²) in [6, 6.07) is 0.744. The zero-order chi connectivity index (χ0) is 17.8. The normalized spacial score (nSPS) is 25.8. The Balaban J connectivity index is 1.46. The van der Waals surface area contributed by atoms with E-state index in [0.717, 1.165) is 43.7 Å². The molecular formula is C20H34N4O. The second kappa shape index (κ2) is 8.45. The van der Waals surface area contributed by atoms with E-state index in [0.29, 0.717) is 18.1 Å². The van der Waals surface area contributed by atoms with Gasteiger partial charge in [-0.15, -0.1) is 0 Å². The number of ether oxygens (including phenoxy) is 1. The van der Waals surface area contributed by atoms with E-state index >= 15 is 0 Å². The SMILES string of the molecule is CC(C)OC1CCC(N2CCN(c3cnc(C(C)C)nc3)CC2)CC1. The minimum atomic E-state index is 0.356. The maximum atomic E-state index is 5.99. The average molecular weight is 347 g/mol. The van der Waals surface area contributed by atoms with Gasteiger partial charge in [-0.2, -0.15) is 0 Å². The minimum Gasteiger partial charge on any atom is -0.376 e. The van der Waals surface area contributed by atoms with Crippen LogP contribution in [0.4, 0.5) is 5.69 Å². The van der Waals surface area contributed by atoms with Crippen molar-refractivity contribution < 1.29 is 4.74 Å². The van der Waals surface area contributed by atoms with E-state index in [1.54, 1.807) is 0 Å². The van der Waals surface area contributed by atoms with E-state index in [1.165, 1.54) is 25.7 Å². The summed E-state index contributed by atoms with van der Waals surface area (Å²) < 4.78 is 5.99. The molecule has 140 valence electrons. The third-order valence-corrected chi connectivity index (χ3v) is 5.48. The lowest BCUT2D eigenvalue weighted by Gasteiger charge is -2.42. The van der Waals surface area contributed by atoms with Crippen molar-refractivity contribution in [3.05, 3.63) is 18.2 Å². The first-order chi connectivity index (χ1) is 12.0. The zero-order valence-electron chi connectivity index (χ0n) is 16.3. The largest absolute Gasteiger partial charge is 0.376 e. The molecule has 1 aromatic heterocycles. The Kier molecular flexibility index (Phi) is 6.29. The molecular weight excluding hydrogens is 312 g/mol. The Morgan fingerprint density at radius 1 is 0.920 bits per heavy atom. The number of piperazine rings is 1. The smallest absolute Gasteiger partial charge is 0.130 e. The molecule has 25 heavy (non-hydrogen) atoms. The summed E-state index contributed by atoms with van der Waals surface area (Å²) in [5, 5.41) is 0. The van der Waals surface area contributed by atoms with Crippen molar-refractivity contribution in [3.63, 3.8) is 0 Å². The van der Waals surface area contributed by atoms with Crippen LogP contribution in [0.25, 0.3) is 0 Å². The van der Waals surface area contributed by atoms with Crippen molar-refractivity contribution in [1.29, 1.82) is 0 Å². The van der Waals surface area contributed by atoms with E-state index in [1.807, 2.05) is 12.4 Å². The van der Waals surface area contributed by atoms with Crippen LogP contribution in [0.15, 0.2) is 12.4 Å². The Hall–Kier alpha value is -1.20. The van der Waals surface area contributed by atoms with Crippen LogP contribution in [-0.4, -0.2) is 59.3 Å². The maximum absolute atomic E-state index is 5.99. The van der Waals surface area contributed by atoms with Crippen molar-refractivity contribution in [1.82, 2.24) is 14.9 Å². The van der Waals surface area contributed by atoms with E-state index in [9.17, 15) is 0 Å². The first kappa shape index (κ1) is 18.6. The van der Waals surface area contributed by atoms with Crippen molar-refractivity contribution in [2.45, 2.75) is 77.5 Å². The summed E-state index contributed by atoms with van der Waals surface area (Å²) >= 11 is 0. The van der Waals surface area contributed by atoms with E-state index in [2.05, 4.69) is 47.5 Å². The summed E-state index contributed by atoms with van der Waals surface area (Å²) in [6.07, 6.45) is 9.82. The van der Waals surface area contributed by atoms with Gasteiger partial charge in [0.05, 0.1) is 30.3 Å². The highest BCUT2D eigenvalue weighted by molar-refractivity contribution is 5.42. The molecule has 1 saturated heterocycles. The molecule has 1 aliphatic carbocycles. The molecule has 0 bridgehead atoms.